The Bertz CT molecular complexity index is 901. The molecule has 10 N–H and O–H groups in total. The lowest BCUT2D eigenvalue weighted by Crippen LogP contribution is -2.66. The van der Waals surface area contributed by atoms with E-state index in [1.54, 1.807) is 27.7 Å². The minimum Gasteiger partial charge on any atom is -0.394 e. The minimum atomic E-state index is -2.69. The summed E-state index contributed by atoms with van der Waals surface area (Å²) in [6.07, 6.45) is -17.9. The monoisotopic (exact) mass is 673 g/mol. The summed E-state index contributed by atoms with van der Waals surface area (Å²) in [5.74, 6) is -2.69. The molecule has 46 heavy (non-hydrogen) atoms. The van der Waals surface area contributed by atoms with E-state index in [-0.39, 0.29) is 6.61 Å². The molecule has 3 saturated heterocycles. The number of rotatable bonds is 17. The van der Waals surface area contributed by atoms with Gasteiger partial charge >= 0.3 is 5.97 Å². The molecule has 3 fully saturated rings. The molecule has 0 aliphatic carbocycles. The average molecular weight is 674 g/mol. The molecular formula is C29H55NO16. The lowest BCUT2D eigenvalue weighted by Gasteiger charge is -2.48. The maximum Gasteiger partial charge on any atom is 0.313 e. The third-order valence-electron chi connectivity index (χ3n) is 8.30. The Morgan fingerprint density at radius 3 is 2.02 bits per heavy atom. The minimum absolute atomic E-state index is 0.127. The van der Waals surface area contributed by atoms with Crippen molar-refractivity contribution in [2.24, 2.45) is 5.73 Å². The number of aliphatic hydroxyl groups is 8. The van der Waals surface area contributed by atoms with E-state index in [1.807, 2.05) is 0 Å². The topological polar surface area (TPSA) is 262 Å². The highest BCUT2D eigenvalue weighted by molar-refractivity contribution is 5.01. The van der Waals surface area contributed by atoms with Gasteiger partial charge in [0, 0.05) is 13.2 Å². The van der Waals surface area contributed by atoms with Crippen molar-refractivity contribution in [2.45, 2.75) is 151 Å². The number of unbranched alkanes of at least 4 members (excludes halogenated alkanes) is 2. The molecule has 272 valence electrons. The maximum atomic E-state index is 11.2. The van der Waals surface area contributed by atoms with Crippen LogP contribution in [0.15, 0.2) is 0 Å². The molecule has 0 aromatic rings. The van der Waals surface area contributed by atoms with Crippen molar-refractivity contribution in [3.63, 3.8) is 0 Å². The summed E-state index contributed by atoms with van der Waals surface area (Å²) < 4.78 is 46.2. The summed E-state index contributed by atoms with van der Waals surface area (Å²) >= 11 is 0. The van der Waals surface area contributed by atoms with Gasteiger partial charge in [-0.1, -0.05) is 0 Å². The standard InChI is InChI=1S/C29H55NO16/c1-6-39-29(38)24(37)23(45-26-20(36)21(41-14(2)3)18(34)16(13-32)43-26)27(46-29)44-22-19(35)17(33)15(12-31)42-25(22)28(4,5)40-11-9-7-8-10-30/h14-27,31-38H,6-13,30H2,1-5H3/t15?,16?,17-,18-,19?,20?,21?,22?,23?,24?,25+,26+,27+,29-/m1/s1. The predicted molar refractivity (Wildman–Crippen MR) is 156 cm³/mol. The second-order valence-electron chi connectivity index (χ2n) is 12.6. The molecule has 0 aromatic heterocycles. The quantitative estimate of drug-likeness (QED) is 0.0544. The molecule has 3 heterocycles. The zero-order valence-corrected chi connectivity index (χ0v) is 27.2. The van der Waals surface area contributed by atoms with Gasteiger partial charge in [0.05, 0.1) is 24.9 Å². The first-order chi connectivity index (χ1) is 21.6. The molecule has 17 heteroatoms. The lowest BCUT2D eigenvalue weighted by atomic mass is 9.86. The smallest absolute Gasteiger partial charge is 0.313 e. The molecule has 3 aliphatic rings. The summed E-state index contributed by atoms with van der Waals surface area (Å²) in [7, 11) is 0. The van der Waals surface area contributed by atoms with E-state index in [4.69, 9.17) is 43.6 Å². The van der Waals surface area contributed by atoms with Gasteiger partial charge in [-0.15, -0.1) is 0 Å². The van der Waals surface area contributed by atoms with Crippen LogP contribution in [0.25, 0.3) is 0 Å². The lowest BCUT2D eigenvalue weighted by molar-refractivity contribution is -0.401. The van der Waals surface area contributed by atoms with E-state index < -0.39 is 111 Å². The van der Waals surface area contributed by atoms with Crippen LogP contribution < -0.4 is 5.73 Å². The third kappa shape index (κ3) is 9.10. The van der Waals surface area contributed by atoms with Crippen LogP contribution in [0.2, 0.25) is 0 Å². The molecule has 3 rings (SSSR count). The number of nitrogens with two attached hydrogens (primary N) is 1. The highest BCUT2D eigenvalue weighted by atomic mass is 16.9. The molecule has 0 spiro atoms. The van der Waals surface area contributed by atoms with Crippen LogP contribution >= 0.6 is 0 Å². The summed E-state index contributed by atoms with van der Waals surface area (Å²) in [6.45, 7) is 7.63. The first-order valence-electron chi connectivity index (χ1n) is 15.9. The highest BCUT2D eigenvalue weighted by Gasteiger charge is 2.61. The van der Waals surface area contributed by atoms with Gasteiger partial charge in [0.2, 0.25) is 0 Å². The van der Waals surface area contributed by atoms with E-state index in [1.165, 1.54) is 6.92 Å². The van der Waals surface area contributed by atoms with Crippen molar-refractivity contribution < 1.29 is 78.7 Å². The Morgan fingerprint density at radius 2 is 1.43 bits per heavy atom. The fourth-order valence-corrected chi connectivity index (χ4v) is 5.82. The molecule has 0 aromatic carbocycles. The number of ether oxygens (including phenoxy) is 8. The Balaban J connectivity index is 1.91. The Kier molecular flexibility index (Phi) is 15.0. The normalized spacial score (nSPS) is 42.2. The zero-order valence-electron chi connectivity index (χ0n) is 27.2. The van der Waals surface area contributed by atoms with Crippen LogP contribution in [0.5, 0.6) is 0 Å². The van der Waals surface area contributed by atoms with Gasteiger partial charge in [-0.05, 0) is 60.4 Å². The SMILES string of the molecule is CCO[C@@]1(O)O[C@H](OC2C(O)[C@H](O)C(CO)O[C@@H]2C(C)(C)OCCCCCN)C(O[C@@H]2OC(CO)[C@@H](O)C(OC(C)C)C2O)C1O. The van der Waals surface area contributed by atoms with Gasteiger partial charge in [0.1, 0.15) is 61.0 Å². The van der Waals surface area contributed by atoms with Gasteiger partial charge in [-0.2, -0.15) is 0 Å². The van der Waals surface area contributed by atoms with Crippen molar-refractivity contribution in [3.05, 3.63) is 0 Å². The van der Waals surface area contributed by atoms with E-state index in [9.17, 15) is 40.9 Å². The van der Waals surface area contributed by atoms with Gasteiger partial charge in [-0.3, -0.25) is 4.74 Å². The van der Waals surface area contributed by atoms with Crippen LogP contribution in [0.1, 0.15) is 53.9 Å². The summed E-state index contributed by atoms with van der Waals surface area (Å²) in [4.78, 5) is 0. The fraction of sp³-hybridized carbons (Fsp3) is 1.00. The molecule has 3 aliphatic heterocycles. The van der Waals surface area contributed by atoms with Crippen LogP contribution in [0.4, 0.5) is 0 Å². The predicted octanol–water partition coefficient (Wildman–Crippen LogP) is -3.21. The third-order valence-corrected chi connectivity index (χ3v) is 8.30. The summed E-state index contributed by atoms with van der Waals surface area (Å²) in [6, 6.07) is 0. The number of hydrogen-bond acceptors (Lipinski definition) is 17. The molecule has 0 bridgehead atoms. The Labute approximate surface area is 269 Å². The molecule has 17 nitrogen and oxygen atoms in total. The molecule has 0 radical (unpaired) electrons. The van der Waals surface area contributed by atoms with Crippen molar-refractivity contribution in [1.29, 1.82) is 0 Å². The van der Waals surface area contributed by atoms with E-state index in [0.717, 1.165) is 12.8 Å². The van der Waals surface area contributed by atoms with Crippen LogP contribution in [0.3, 0.4) is 0 Å². The van der Waals surface area contributed by atoms with Crippen LogP contribution in [-0.2, 0) is 37.9 Å². The first kappa shape index (κ1) is 39.8. The Hall–Kier alpha value is -0.680. The maximum absolute atomic E-state index is 11.2. The van der Waals surface area contributed by atoms with Crippen molar-refractivity contribution in [1.82, 2.24) is 0 Å². The van der Waals surface area contributed by atoms with Gasteiger partial charge < -0.3 is 79.7 Å². The Morgan fingerprint density at radius 1 is 0.804 bits per heavy atom. The van der Waals surface area contributed by atoms with E-state index in [2.05, 4.69) is 0 Å². The largest absolute Gasteiger partial charge is 0.394 e. The summed E-state index contributed by atoms with van der Waals surface area (Å²) in [5.41, 5.74) is 4.39. The van der Waals surface area contributed by atoms with Crippen molar-refractivity contribution in [2.75, 3.05) is 33.0 Å². The zero-order chi connectivity index (χ0) is 34.4. The molecule has 0 amide bonds. The first-order valence-corrected chi connectivity index (χ1v) is 15.9. The van der Waals surface area contributed by atoms with Gasteiger partial charge in [-0.25, -0.2) is 0 Å². The fourth-order valence-electron chi connectivity index (χ4n) is 5.82. The van der Waals surface area contributed by atoms with Crippen LogP contribution in [-0.4, -0.2) is 171 Å². The van der Waals surface area contributed by atoms with Gasteiger partial charge in [0.25, 0.3) is 0 Å². The van der Waals surface area contributed by atoms with Crippen molar-refractivity contribution >= 4 is 0 Å². The van der Waals surface area contributed by atoms with E-state index >= 15 is 0 Å². The highest BCUT2D eigenvalue weighted by Crippen LogP contribution is 2.40. The van der Waals surface area contributed by atoms with E-state index in [0.29, 0.717) is 19.6 Å². The second-order valence-corrected chi connectivity index (χ2v) is 12.6. The second kappa shape index (κ2) is 17.3. The number of aliphatic hydroxyl groups excluding tert-OH is 7. The molecule has 0 saturated carbocycles. The molecule has 8 unspecified atom stereocenters. The van der Waals surface area contributed by atoms with Gasteiger partial charge in [0.15, 0.2) is 18.7 Å². The van der Waals surface area contributed by atoms with Crippen LogP contribution in [0, 0.1) is 0 Å². The van der Waals surface area contributed by atoms with Crippen molar-refractivity contribution in [3.8, 4) is 0 Å². The average Bonchev–Trinajstić information content (AvgIpc) is 3.22. The summed E-state index contributed by atoms with van der Waals surface area (Å²) in [5, 5.41) is 85.6. The molecular weight excluding hydrogens is 618 g/mol. The molecule has 14 atom stereocenters. The number of hydrogen-bond donors (Lipinski definition) is 9.